The molecule has 1 aromatic rings. The van der Waals surface area contributed by atoms with Gasteiger partial charge in [-0.3, -0.25) is 14.6 Å². The fourth-order valence-corrected chi connectivity index (χ4v) is 1.77. The summed E-state index contributed by atoms with van der Waals surface area (Å²) in [6.07, 6.45) is 0. The van der Waals surface area contributed by atoms with Crippen molar-refractivity contribution in [3.8, 4) is 0 Å². The zero-order valence-corrected chi connectivity index (χ0v) is 12.0. The van der Waals surface area contributed by atoms with E-state index in [1.54, 1.807) is 31.2 Å². The molecule has 0 aliphatic carbocycles. The van der Waals surface area contributed by atoms with E-state index in [2.05, 4.69) is 10.3 Å². The quantitative estimate of drug-likeness (QED) is 0.521. The molecule has 0 fully saturated rings. The van der Waals surface area contributed by atoms with Gasteiger partial charge >= 0.3 is 0 Å². The largest absolute Gasteiger partial charge is 0.321 e. The first-order valence-electron chi connectivity index (χ1n) is 6.10. The van der Waals surface area contributed by atoms with Crippen LogP contribution in [-0.2, 0) is 4.79 Å². The molecule has 0 bridgehead atoms. The molecule has 1 aromatic carbocycles. The van der Waals surface area contributed by atoms with Gasteiger partial charge in [-0.15, -0.1) is 0 Å². The topological polar surface area (TPSA) is 58.5 Å². The Hall–Kier alpha value is -2.30. The van der Waals surface area contributed by atoms with E-state index in [1.807, 2.05) is 0 Å². The molecule has 0 heterocycles. The number of anilines is 1. The van der Waals surface area contributed by atoms with Crippen molar-refractivity contribution in [2.24, 2.45) is 4.99 Å². The highest BCUT2D eigenvalue weighted by Gasteiger charge is 2.18. The summed E-state index contributed by atoms with van der Waals surface area (Å²) in [7, 11) is 1.48. The van der Waals surface area contributed by atoms with Gasteiger partial charge in [-0.1, -0.05) is 12.1 Å². The number of ketones is 1. The van der Waals surface area contributed by atoms with Crippen LogP contribution in [0.25, 0.3) is 0 Å². The lowest BCUT2D eigenvalue weighted by Gasteiger charge is -2.11. The van der Waals surface area contributed by atoms with Gasteiger partial charge in [-0.25, -0.2) is 4.39 Å². The van der Waals surface area contributed by atoms with Crippen LogP contribution in [0.5, 0.6) is 0 Å². The SMILES string of the molecule is CN=C(C)/C(C(=O)Nc1ccccc1C(C)=O)=C(\C)F. The van der Waals surface area contributed by atoms with Gasteiger partial charge < -0.3 is 5.32 Å². The van der Waals surface area contributed by atoms with Crippen molar-refractivity contribution in [2.75, 3.05) is 12.4 Å². The maximum Gasteiger partial charge on any atom is 0.260 e. The Bertz CT molecular complexity index is 600. The second-order valence-electron chi connectivity index (χ2n) is 4.27. The molecule has 20 heavy (non-hydrogen) atoms. The van der Waals surface area contributed by atoms with Crippen molar-refractivity contribution in [3.63, 3.8) is 0 Å². The van der Waals surface area contributed by atoms with Gasteiger partial charge in [-0.2, -0.15) is 0 Å². The molecule has 0 saturated heterocycles. The summed E-state index contributed by atoms with van der Waals surface area (Å²) in [5, 5.41) is 2.55. The first-order chi connectivity index (χ1) is 9.38. The van der Waals surface area contributed by atoms with Gasteiger partial charge in [0.05, 0.1) is 11.3 Å². The second-order valence-corrected chi connectivity index (χ2v) is 4.27. The van der Waals surface area contributed by atoms with Crippen LogP contribution in [0.1, 0.15) is 31.1 Å². The third-order valence-electron chi connectivity index (χ3n) is 2.82. The molecule has 0 aromatic heterocycles. The van der Waals surface area contributed by atoms with Crippen LogP contribution in [0.4, 0.5) is 10.1 Å². The number of amides is 1. The van der Waals surface area contributed by atoms with E-state index in [4.69, 9.17) is 0 Å². The minimum absolute atomic E-state index is 0.120. The summed E-state index contributed by atoms with van der Waals surface area (Å²) in [6.45, 7) is 4.15. The molecule has 0 unspecified atom stereocenters. The van der Waals surface area contributed by atoms with Crippen LogP contribution in [-0.4, -0.2) is 24.4 Å². The molecule has 1 amide bonds. The van der Waals surface area contributed by atoms with Gasteiger partial charge in [0.2, 0.25) is 0 Å². The molecule has 1 N–H and O–H groups in total. The molecular weight excluding hydrogens is 259 g/mol. The van der Waals surface area contributed by atoms with E-state index in [9.17, 15) is 14.0 Å². The fraction of sp³-hybridized carbons (Fsp3) is 0.267. The van der Waals surface area contributed by atoms with Crippen molar-refractivity contribution < 1.29 is 14.0 Å². The van der Waals surface area contributed by atoms with Crippen molar-refractivity contribution in [3.05, 3.63) is 41.2 Å². The molecule has 0 aliphatic heterocycles. The third kappa shape index (κ3) is 3.60. The van der Waals surface area contributed by atoms with Crippen LogP contribution in [0, 0.1) is 0 Å². The van der Waals surface area contributed by atoms with Gasteiger partial charge in [0.25, 0.3) is 5.91 Å². The number of nitrogens with zero attached hydrogens (tertiary/aromatic N) is 1. The van der Waals surface area contributed by atoms with Crippen LogP contribution >= 0.6 is 0 Å². The van der Waals surface area contributed by atoms with Crippen molar-refractivity contribution in [2.45, 2.75) is 20.8 Å². The minimum atomic E-state index is -0.623. The summed E-state index contributed by atoms with van der Waals surface area (Å²) < 4.78 is 13.5. The van der Waals surface area contributed by atoms with E-state index >= 15 is 0 Å². The number of halogens is 1. The van der Waals surface area contributed by atoms with E-state index < -0.39 is 11.7 Å². The first kappa shape index (κ1) is 15.8. The number of allylic oxidation sites excluding steroid dienone is 1. The molecule has 106 valence electrons. The maximum atomic E-state index is 13.5. The number of hydrogen-bond acceptors (Lipinski definition) is 3. The number of carbonyl (C=O) groups is 2. The first-order valence-corrected chi connectivity index (χ1v) is 6.10. The summed E-state index contributed by atoms with van der Waals surface area (Å²) in [6, 6.07) is 6.58. The van der Waals surface area contributed by atoms with Gasteiger partial charge in [0.1, 0.15) is 5.83 Å². The molecular formula is C15H17FN2O2. The Labute approximate surface area is 117 Å². The van der Waals surface area contributed by atoms with Gasteiger partial charge in [0.15, 0.2) is 5.78 Å². The highest BCUT2D eigenvalue weighted by Crippen LogP contribution is 2.18. The van der Waals surface area contributed by atoms with Crippen LogP contribution in [0.15, 0.2) is 40.7 Å². The predicted octanol–water partition coefficient (Wildman–Crippen LogP) is 3.16. The number of Topliss-reactive ketones (excluding diaryl/α,β-unsaturated/α-hetero) is 1. The Morgan fingerprint density at radius 1 is 1.15 bits per heavy atom. The lowest BCUT2D eigenvalue weighted by molar-refractivity contribution is -0.112. The smallest absolute Gasteiger partial charge is 0.260 e. The summed E-state index contributed by atoms with van der Waals surface area (Å²) in [5.74, 6) is -1.42. The summed E-state index contributed by atoms with van der Waals surface area (Å²) in [5.41, 5.74) is 0.907. The van der Waals surface area contributed by atoms with Gasteiger partial charge in [0, 0.05) is 18.3 Å². The predicted molar refractivity (Wildman–Crippen MR) is 77.9 cm³/mol. The number of hydrogen-bond donors (Lipinski definition) is 1. The lowest BCUT2D eigenvalue weighted by Crippen LogP contribution is -2.21. The lowest BCUT2D eigenvalue weighted by atomic mass is 10.1. The molecule has 4 nitrogen and oxygen atoms in total. The highest BCUT2D eigenvalue weighted by atomic mass is 19.1. The Morgan fingerprint density at radius 3 is 2.25 bits per heavy atom. The molecule has 5 heteroatoms. The number of rotatable bonds is 4. The Morgan fingerprint density at radius 2 is 1.75 bits per heavy atom. The van der Waals surface area contributed by atoms with Crippen molar-refractivity contribution in [1.29, 1.82) is 0 Å². The number of nitrogens with one attached hydrogen (secondary N) is 1. The standard InChI is InChI=1S/C15H17FN2O2/c1-9(16)14(10(2)17-4)15(20)18-13-8-6-5-7-12(13)11(3)19/h5-8H,1-4H3,(H,18,20)/b14-9-,17-10?. The van der Waals surface area contributed by atoms with Crippen LogP contribution in [0.2, 0.25) is 0 Å². The van der Waals surface area contributed by atoms with E-state index in [-0.39, 0.29) is 11.4 Å². The molecule has 0 radical (unpaired) electrons. The average molecular weight is 276 g/mol. The van der Waals surface area contributed by atoms with Crippen LogP contribution in [0.3, 0.4) is 0 Å². The summed E-state index contributed by atoms with van der Waals surface area (Å²) >= 11 is 0. The van der Waals surface area contributed by atoms with Gasteiger partial charge in [-0.05, 0) is 32.9 Å². The molecule has 1 rings (SSSR count). The molecule has 0 atom stereocenters. The van der Waals surface area contributed by atoms with E-state index in [0.29, 0.717) is 17.0 Å². The zero-order valence-electron chi connectivity index (χ0n) is 12.0. The number of benzene rings is 1. The normalized spacial score (nSPS) is 12.8. The van der Waals surface area contributed by atoms with Crippen molar-refractivity contribution in [1.82, 2.24) is 0 Å². The number of aliphatic imine (C=N–C) groups is 1. The zero-order chi connectivity index (χ0) is 15.3. The monoisotopic (exact) mass is 276 g/mol. The van der Waals surface area contributed by atoms with Crippen molar-refractivity contribution >= 4 is 23.1 Å². The molecule has 0 aliphatic rings. The number of carbonyl (C=O) groups excluding carboxylic acids is 2. The third-order valence-corrected chi connectivity index (χ3v) is 2.82. The highest BCUT2D eigenvalue weighted by molar-refractivity contribution is 6.25. The molecule has 0 spiro atoms. The molecule has 0 saturated carbocycles. The van der Waals surface area contributed by atoms with E-state index in [1.165, 1.54) is 20.9 Å². The summed E-state index contributed by atoms with van der Waals surface area (Å²) in [4.78, 5) is 27.4. The minimum Gasteiger partial charge on any atom is -0.321 e. The Balaban J connectivity index is 3.14. The maximum absolute atomic E-state index is 13.5. The fourth-order valence-electron chi connectivity index (χ4n) is 1.77. The number of para-hydroxylation sites is 1. The Kier molecular flexibility index (Phi) is 5.32. The van der Waals surface area contributed by atoms with E-state index in [0.717, 1.165) is 0 Å². The second kappa shape index (κ2) is 6.75. The van der Waals surface area contributed by atoms with Crippen LogP contribution < -0.4 is 5.32 Å². The average Bonchev–Trinajstić information content (AvgIpc) is 2.38.